The van der Waals surface area contributed by atoms with Crippen molar-refractivity contribution in [2.75, 3.05) is 5.88 Å². The van der Waals surface area contributed by atoms with Gasteiger partial charge in [-0.1, -0.05) is 30.7 Å². The Hall–Kier alpha value is -1.94. The molecule has 25 heavy (non-hydrogen) atoms. The third kappa shape index (κ3) is 3.69. The topological polar surface area (TPSA) is 36.9 Å². The molecule has 0 bridgehead atoms. The molecule has 2 aliphatic rings. The van der Waals surface area contributed by atoms with Crippen LogP contribution in [0.15, 0.2) is 48.5 Å². The van der Waals surface area contributed by atoms with Crippen molar-refractivity contribution in [3.63, 3.8) is 0 Å². The lowest BCUT2D eigenvalue weighted by Gasteiger charge is -2.18. The molecule has 0 aromatic heterocycles. The Balaban J connectivity index is 1.42. The molecule has 0 aliphatic carbocycles. The molecule has 2 aromatic carbocycles. The number of rotatable bonds is 7. The number of hydrogen-bond acceptors (Lipinski definition) is 4. The van der Waals surface area contributed by atoms with Gasteiger partial charge in [-0.2, -0.15) is 0 Å². The maximum atomic E-state index is 6.02. The van der Waals surface area contributed by atoms with Crippen molar-refractivity contribution in [1.82, 2.24) is 0 Å². The Bertz CT molecular complexity index is 680. The lowest BCUT2D eigenvalue weighted by atomic mass is 9.59. The van der Waals surface area contributed by atoms with Gasteiger partial charge in [0.05, 0.1) is 0 Å². The first kappa shape index (κ1) is 16.5. The van der Waals surface area contributed by atoms with Crippen molar-refractivity contribution in [3.8, 4) is 23.0 Å². The van der Waals surface area contributed by atoms with Crippen LogP contribution in [0, 0.1) is 0 Å². The first-order valence-electron chi connectivity index (χ1n) is 8.74. The minimum atomic E-state index is -0.316. The second-order valence-corrected chi connectivity index (χ2v) is 6.72. The number of halogens is 1. The maximum absolute atomic E-state index is 6.02. The summed E-state index contributed by atoms with van der Waals surface area (Å²) in [6, 6.07) is 15.5. The second-order valence-electron chi connectivity index (χ2n) is 6.34. The highest BCUT2D eigenvalue weighted by molar-refractivity contribution is 6.55. The van der Waals surface area contributed by atoms with E-state index in [4.69, 9.17) is 30.2 Å². The Morgan fingerprint density at radius 2 is 1.28 bits per heavy atom. The summed E-state index contributed by atoms with van der Waals surface area (Å²) in [6.45, 7) is 0. The molecule has 0 amide bonds. The number of para-hydroxylation sites is 4. The summed E-state index contributed by atoms with van der Waals surface area (Å²) in [5.41, 5.74) is 0. The predicted molar refractivity (Wildman–Crippen MR) is 100 cm³/mol. The largest absolute Gasteiger partial charge is 0.597 e. The van der Waals surface area contributed by atoms with Crippen molar-refractivity contribution >= 4 is 25.8 Å². The smallest absolute Gasteiger partial charge is 0.523 e. The summed E-state index contributed by atoms with van der Waals surface area (Å²) in [5, 5.41) is 0. The molecular formula is C18H19B2ClO4. The highest BCUT2D eigenvalue weighted by Gasteiger charge is 2.45. The van der Waals surface area contributed by atoms with E-state index in [2.05, 4.69) is 0 Å². The minimum Gasteiger partial charge on any atom is -0.523 e. The molecular weight excluding hydrogens is 337 g/mol. The van der Waals surface area contributed by atoms with Crippen LogP contribution in [-0.2, 0) is 0 Å². The molecule has 0 fully saturated rings. The Morgan fingerprint density at radius 1 is 0.760 bits per heavy atom. The summed E-state index contributed by atoms with van der Waals surface area (Å²) in [6.07, 6.45) is 3.65. The van der Waals surface area contributed by atoms with Gasteiger partial charge in [-0.25, -0.2) is 0 Å². The van der Waals surface area contributed by atoms with E-state index in [9.17, 15) is 0 Å². The Labute approximate surface area is 153 Å². The van der Waals surface area contributed by atoms with Gasteiger partial charge in [0, 0.05) is 18.0 Å². The predicted octanol–water partition coefficient (Wildman–Crippen LogP) is 4.68. The molecule has 0 N–H and O–H groups in total. The molecule has 0 saturated heterocycles. The number of benzene rings is 2. The summed E-state index contributed by atoms with van der Waals surface area (Å²) >= 11 is 5.84. The van der Waals surface area contributed by atoms with Crippen LogP contribution in [0.2, 0.25) is 12.1 Å². The molecule has 0 saturated carbocycles. The number of unbranched alkanes of at least 4 members (excludes halogenated alkanes) is 1. The Kier molecular flexibility index (Phi) is 4.97. The van der Waals surface area contributed by atoms with Gasteiger partial charge < -0.3 is 18.6 Å². The SMILES string of the molecule is ClCCCCC(CB1Oc2ccccc2O1)B1Oc2ccccc2O1. The van der Waals surface area contributed by atoms with Gasteiger partial charge in [0.15, 0.2) is 0 Å². The zero-order chi connectivity index (χ0) is 17.1. The zero-order valence-electron chi connectivity index (χ0n) is 13.9. The van der Waals surface area contributed by atoms with E-state index in [1.807, 2.05) is 48.5 Å². The van der Waals surface area contributed by atoms with Crippen molar-refractivity contribution in [2.45, 2.75) is 31.4 Å². The summed E-state index contributed by atoms with van der Waals surface area (Å²) in [7, 11) is -0.627. The molecule has 1 unspecified atom stereocenters. The van der Waals surface area contributed by atoms with E-state index in [-0.39, 0.29) is 20.1 Å². The number of alkyl halides is 1. The molecule has 2 aromatic rings. The average molecular weight is 356 g/mol. The van der Waals surface area contributed by atoms with Crippen LogP contribution in [-0.4, -0.2) is 20.1 Å². The number of hydrogen-bond donors (Lipinski definition) is 0. The lowest BCUT2D eigenvalue weighted by molar-refractivity contribution is 0.443. The van der Waals surface area contributed by atoms with Crippen molar-refractivity contribution in [2.24, 2.45) is 0 Å². The average Bonchev–Trinajstić information content (AvgIpc) is 3.24. The van der Waals surface area contributed by atoms with E-state index < -0.39 is 0 Å². The molecule has 0 radical (unpaired) electrons. The van der Waals surface area contributed by atoms with Crippen LogP contribution in [0.1, 0.15) is 19.3 Å². The van der Waals surface area contributed by atoms with Crippen LogP contribution < -0.4 is 18.6 Å². The molecule has 7 heteroatoms. The van der Waals surface area contributed by atoms with Gasteiger partial charge in [0.1, 0.15) is 23.0 Å². The van der Waals surface area contributed by atoms with Crippen molar-refractivity contribution < 1.29 is 18.6 Å². The van der Waals surface area contributed by atoms with E-state index >= 15 is 0 Å². The zero-order valence-corrected chi connectivity index (χ0v) is 14.7. The molecule has 2 heterocycles. The fraction of sp³-hybridized carbons (Fsp3) is 0.333. The first-order valence-corrected chi connectivity index (χ1v) is 9.27. The second kappa shape index (κ2) is 7.52. The van der Waals surface area contributed by atoms with Crippen molar-refractivity contribution in [3.05, 3.63) is 48.5 Å². The highest BCUT2D eigenvalue weighted by atomic mass is 35.5. The maximum Gasteiger partial charge on any atom is 0.597 e. The fourth-order valence-electron chi connectivity index (χ4n) is 3.27. The monoisotopic (exact) mass is 356 g/mol. The number of fused-ring (bicyclic) bond motifs is 2. The highest BCUT2D eigenvalue weighted by Crippen LogP contribution is 2.41. The van der Waals surface area contributed by atoms with E-state index in [1.165, 1.54) is 0 Å². The van der Waals surface area contributed by atoms with Crippen LogP contribution >= 0.6 is 11.6 Å². The molecule has 2 aliphatic heterocycles. The van der Waals surface area contributed by atoms with Crippen LogP contribution in [0.3, 0.4) is 0 Å². The van der Waals surface area contributed by atoms with Crippen LogP contribution in [0.25, 0.3) is 0 Å². The Morgan fingerprint density at radius 3 is 1.80 bits per heavy atom. The summed E-state index contributed by atoms with van der Waals surface area (Å²) in [4.78, 5) is 0. The van der Waals surface area contributed by atoms with Gasteiger partial charge in [-0.3, -0.25) is 0 Å². The molecule has 1 atom stereocenters. The van der Waals surface area contributed by atoms with E-state index in [0.29, 0.717) is 12.2 Å². The van der Waals surface area contributed by atoms with Crippen molar-refractivity contribution in [1.29, 1.82) is 0 Å². The summed E-state index contributed by atoms with van der Waals surface area (Å²) < 4.78 is 23.9. The molecule has 4 rings (SSSR count). The summed E-state index contributed by atoms with van der Waals surface area (Å²) in [5.74, 6) is 4.01. The van der Waals surface area contributed by atoms with E-state index in [1.54, 1.807) is 0 Å². The van der Waals surface area contributed by atoms with Gasteiger partial charge in [0.2, 0.25) is 0 Å². The van der Waals surface area contributed by atoms with E-state index in [0.717, 1.165) is 42.3 Å². The molecule has 0 spiro atoms. The first-order chi connectivity index (χ1) is 12.3. The van der Waals surface area contributed by atoms with Gasteiger partial charge in [0.25, 0.3) is 0 Å². The van der Waals surface area contributed by atoms with Gasteiger partial charge in [-0.15, -0.1) is 11.6 Å². The van der Waals surface area contributed by atoms with Crippen LogP contribution in [0.5, 0.6) is 23.0 Å². The third-order valence-corrected chi connectivity index (χ3v) is 4.81. The van der Waals surface area contributed by atoms with Gasteiger partial charge in [-0.05, 0) is 37.1 Å². The quantitative estimate of drug-likeness (QED) is 0.410. The molecule has 4 nitrogen and oxygen atoms in total. The minimum absolute atomic E-state index is 0.162. The standard InChI is InChI=1S/C18H19B2ClO4/c21-12-6-5-7-14(20-24-17-10-3-4-11-18(17)25-20)13-19-22-15-8-1-2-9-16(15)23-19/h1-4,8-11,14H,5-7,12-13H2. The third-order valence-electron chi connectivity index (χ3n) is 4.54. The lowest BCUT2D eigenvalue weighted by Crippen LogP contribution is -2.36. The van der Waals surface area contributed by atoms with Gasteiger partial charge >= 0.3 is 14.2 Å². The fourth-order valence-corrected chi connectivity index (χ4v) is 3.46. The normalized spacial score (nSPS) is 15.6. The molecule has 128 valence electrons. The van der Waals surface area contributed by atoms with Crippen LogP contribution in [0.4, 0.5) is 0 Å².